The number of hydrogen-bond donors (Lipinski definition) is 2. The van der Waals surface area contributed by atoms with Gasteiger partial charge in [-0.3, -0.25) is 4.55 Å². The molecule has 162 valence electrons. The van der Waals surface area contributed by atoms with Crippen molar-refractivity contribution < 1.29 is 32.4 Å². The van der Waals surface area contributed by atoms with E-state index in [0.29, 0.717) is 30.2 Å². The van der Waals surface area contributed by atoms with Crippen molar-refractivity contribution in [3.63, 3.8) is 0 Å². The number of rotatable bonds is 7. The summed E-state index contributed by atoms with van der Waals surface area (Å²) in [6.45, 7) is 0.797. The van der Waals surface area contributed by atoms with Gasteiger partial charge in [-0.25, -0.2) is 18.9 Å². The second-order valence-corrected chi connectivity index (χ2v) is 8.96. The van der Waals surface area contributed by atoms with E-state index in [2.05, 4.69) is 4.98 Å². The maximum Gasteiger partial charge on any atom is 0.410 e. The van der Waals surface area contributed by atoms with Gasteiger partial charge in [0.2, 0.25) is 0 Å². The Kier molecular flexibility index (Phi) is 6.90. The van der Waals surface area contributed by atoms with Crippen molar-refractivity contribution in [3.05, 3.63) is 47.1 Å². The average Bonchev–Trinajstić information content (AvgIpc) is 3.20. The van der Waals surface area contributed by atoms with Crippen molar-refractivity contribution in [2.75, 3.05) is 23.9 Å². The molecule has 2 N–H and O–H groups in total. The lowest BCUT2D eigenvalue weighted by Crippen LogP contribution is -2.43. The number of benzene rings is 1. The summed E-state index contributed by atoms with van der Waals surface area (Å²) in [5, 5.41) is 9.04. The van der Waals surface area contributed by atoms with E-state index in [1.54, 1.807) is 4.90 Å². The fourth-order valence-electron chi connectivity index (χ4n) is 3.19. The molecule has 12 heteroatoms. The molecule has 1 aromatic carbocycles. The predicted octanol–water partition coefficient (Wildman–Crippen LogP) is 2.50. The Morgan fingerprint density at radius 1 is 1.23 bits per heavy atom. The SMILES string of the molecule is O=C(O)c1ncsc1N(CC1CCN(C(=O)OCc2ccccc2)CC1)S(=O)(=O)O. The molecule has 0 spiro atoms. The van der Waals surface area contributed by atoms with Crippen molar-refractivity contribution in [2.45, 2.75) is 19.4 Å². The molecule has 1 fully saturated rings. The summed E-state index contributed by atoms with van der Waals surface area (Å²) in [6, 6.07) is 9.29. The molecule has 30 heavy (non-hydrogen) atoms. The Bertz CT molecular complexity index is 986. The summed E-state index contributed by atoms with van der Waals surface area (Å²) < 4.78 is 39.3. The zero-order valence-electron chi connectivity index (χ0n) is 15.9. The topological polar surface area (TPSA) is 137 Å². The summed E-state index contributed by atoms with van der Waals surface area (Å²) >= 11 is 0.822. The minimum atomic E-state index is -4.68. The first kappa shape index (κ1) is 22.0. The molecule has 0 unspecified atom stereocenters. The molecule has 0 radical (unpaired) electrons. The Hall–Kier alpha value is -2.70. The minimum Gasteiger partial charge on any atom is -0.476 e. The van der Waals surface area contributed by atoms with E-state index in [-0.39, 0.29) is 24.1 Å². The number of aromatic nitrogens is 1. The monoisotopic (exact) mass is 455 g/mol. The van der Waals surface area contributed by atoms with Gasteiger partial charge in [-0.2, -0.15) is 8.42 Å². The first-order chi connectivity index (χ1) is 14.3. The molecule has 1 aromatic heterocycles. The second-order valence-electron chi connectivity index (χ2n) is 6.79. The maximum absolute atomic E-state index is 12.3. The van der Waals surface area contributed by atoms with Crippen LogP contribution < -0.4 is 4.31 Å². The van der Waals surface area contributed by atoms with Crippen LogP contribution in [-0.4, -0.2) is 59.7 Å². The van der Waals surface area contributed by atoms with Crippen LogP contribution in [0.25, 0.3) is 0 Å². The summed E-state index contributed by atoms with van der Waals surface area (Å²) in [6.07, 6.45) is 0.515. The molecule has 0 saturated carbocycles. The number of aromatic carboxylic acids is 1. The number of carboxylic acid groups (broad SMARTS) is 1. The van der Waals surface area contributed by atoms with Crippen molar-refractivity contribution in [1.82, 2.24) is 9.88 Å². The Balaban J connectivity index is 1.57. The van der Waals surface area contributed by atoms with Crippen molar-refractivity contribution >= 4 is 38.7 Å². The number of amides is 1. The van der Waals surface area contributed by atoms with Crippen molar-refractivity contribution in [3.8, 4) is 0 Å². The van der Waals surface area contributed by atoms with Gasteiger partial charge in [0, 0.05) is 19.6 Å². The highest BCUT2D eigenvalue weighted by Gasteiger charge is 2.32. The molecule has 1 saturated heterocycles. The molecular weight excluding hydrogens is 434 g/mol. The summed E-state index contributed by atoms with van der Waals surface area (Å²) in [4.78, 5) is 28.7. The number of ether oxygens (including phenoxy) is 1. The van der Waals surface area contributed by atoms with Gasteiger partial charge in [-0.1, -0.05) is 30.3 Å². The van der Waals surface area contributed by atoms with Gasteiger partial charge in [0.25, 0.3) is 0 Å². The van der Waals surface area contributed by atoms with E-state index in [1.807, 2.05) is 30.3 Å². The lowest BCUT2D eigenvalue weighted by Gasteiger charge is -2.33. The fraction of sp³-hybridized carbons (Fsp3) is 0.389. The number of hydrogen-bond acceptors (Lipinski definition) is 7. The summed E-state index contributed by atoms with van der Waals surface area (Å²) in [5.41, 5.74) is 1.66. The lowest BCUT2D eigenvalue weighted by molar-refractivity contribution is 0.0691. The number of carbonyl (C=O) groups excluding carboxylic acids is 1. The molecule has 10 nitrogen and oxygen atoms in total. The molecule has 1 amide bonds. The fourth-order valence-corrected chi connectivity index (χ4v) is 5.00. The highest BCUT2D eigenvalue weighted by Crippen LogP contribution is 2.30. The molecule has 3 rings (SSSR count). The number of piperidine rings is 1. The minimum absolute atomic E-state index is 0.103. The van der Waals surface area contributed by atoms with Crippen LogP contribution in [0.15, 0.2) is 35.8 Å². The van der Waals surface area contributed by atoms with Crippen LogP contribution in [0.1, 0.15) is 28.9 Å². The summed E-state index contributed by atoms with van der Waals surface area (Å²) in [7, 11) is -4.68. The number of carbonyl (C=O) groups is 2. The van der Waals surface area contributed by atoms with Gasteiger partial charge in [0.15, 0.2) is 5.69 Å². The maximum atomic E-state index is 12.3. The quantitative estimate of drug-likeness (QED) is 0.608. The van der Waals surface area contributed by atoms with Crippen LogP contribution in [-0.2, 0) is 21.6 Å². The molecule has 1 aliphatic rings. The predicted molar refractivity (Wildman–Crippen MR) is 109 cm³/mol. The van der Waals surface area contributed by atoms with E-state index in [4.69, 9.17) is 4.74 Å². The molecule has 2 aromatic rings. The van der Waals surface area contributed by atoms with Crippen LogP contribution in [0, 0.1) is 5.92 Å². The zero-order chi connectivity index (χ0) is 21.7. The van der Waals surface area contributed by atoms with Gasteiger partial charge >= 0.3 is 22.4 Å². The largest absolute Gasteiger partial charge is 0.476 e. The van der Waals surface area contributed by atoms with Crippen molar-refractivity contribution in [1.29, 1.82) is 0 Å². The van der Waals surface area contributed by atoms with E-state index in [0.717, 1.165) is 16.9 Å². The van der Waals surface area contributed by atoms with E-state index in [1.165, 1.54) is 5.51 Å². The highest BCUT2D eigenvalue weighted by molar-refractivity contribution is 7.87. The number of nitrogens with zero attached hydrogens (tertiary/aromatic N) is 3. The first-order valence-corrected chi connectivity index (χ1v) is 11.4. The molecule has 1 aliphatic heterocycles. The summed E-state index contributed by atoms with van der Waals surface area (Å²) in [5.74, 6) is -1.55. The Morgan fingerprint density at radius 2 is 1.90 bits per heavy atom. The number of anilines is 1. The third-order valence-electron chi connectivity index (χ3n) is 4.76. The van der Waals surface area contributed by atoms with Gasteiger partial charge in [0.05, 0.1) is 5.51 Å². The van der Waals surface area contributed by atoms with Gasteiger partial charge in [0.1, 0.15) is 11.6 Å². The number of thiazole rings is 1. The van der Waals surface area contributed by atoms with Gasteiger partial charge in [-0.15, -0.1) is 11.3 Å². The van der Waals surface area contributed by atoms with Gasteiger partial charge in [-0.05, 0) is 24.3 Å². The van der Waals surface area contributed by atoms with Crippen LogP contribution in [0.5, 0.6) is 0 Å². The Labute approximate surface area is 177 Å². The standard InChI is InChI=1S/C18H21N3O7S2/c22-17(23)15-16(29-12-19-15)21(30(25,26)27)10-13-6-8-20(9-7-13)18(24)28-11-14-4-2-1-3-5-14/h1-5,12-13H,6-11H2,(H,22,23)(H,25,26,27). The number of likely N-dealkylation sites (tertiary alicyclic amines) is 1. The third-order valence-corrected chi connectivity index (χ3v) is 6.61. The first-order valence-electron chi connectivity index (χ1n) is 9.13. The Morgan fingerprint density at radius 3 is 2.50 bits per heavy atom. The van der Waals surface area contributed by atoms with E-state index < -0.39 is 28.1 Å². The van der Waals surface area contributed by atoms with Gasteiger partial charge < -0.3 is 14.7 Å². The molecule has 2 heterocycles. The highest BCUT2D eigenvalue weighted by atomic mass is 32.2. The normalized spacial score (nSPS) is 15.0. The lowest BCUT2D eigenvalue weighted by atomic mass is 9.97. The molecule has 0 aliphatic carbocycles. The van der Waals surface area contributed by atoms with Crippen LogP contribution in [0.3, 0.4) is 0 Å². The average molecular weight is 456 g/mol. The zero-order valence-corrected chi connectivity index (χ0v) is 17.5. The van der Waals surface area contributed by atoms with Crippen LogP contribution >= 0.6 is 11.3 Å². The molecule has 0 bridgehead atoms. The van der Waals surface area contributed by atoms with Crippen LogP contribution in [0.2, 0.25) is 0 Å². The van der Waals surface area contributed by atoms with E-state index in [9.17, 15) is 27.7 Å². The third kappa shape index (κ3) is 5.46. The van der Waals surface area contributed by atoms with E-state index >= 15 is 0 Å². The molecular formula is C18H21N3O7S2. The smallest absolute Gasteiger partial charge is 0.410 e. The second kappa shape index (κ2) is 9.41. The van der Waals surface area contributed by atoms with Crippen molar-refractivity contribution in [2.24, 2.45) is 5.92 Å². The number of carboxylic acids is 1. The molecule has 0 atom stereocenters. The van der Waals surface area contributed by atoms with Crippen LogP contribution in [0.4, 0.5) is 9.80 Å².